The molecule has 0 unspecified atom stereocenters. The Kier molecular flexibility index (Phi) is 6.46. The molecule has 0 atom stereocenters. The summed E-state index contributed by atoms with van der Waals surface area (Å²) in [4.78, 5) is 0. The van der Waals surface area contributed by atoms with Gasteiger partial charge in [0, 0.05) is 5.56 Å². The zero-order chi connectivity index (χ0) is 19.8. The van der Waals surface area contributed by atoms with Crippen molar-refractivity contribution in [3.63, 3.8) is 0 Å². The van der Waals surface area contributed by atoms with Crippen LogP contribution in [0, 0.1) is 5.82 Å². The van der Waals surface area contributed by atoms with Crippen LogP contribution < -0.4 is 19.6 Å². The first-order valence-corrected chi connectivity index (χ1v) is 8.67. The molecule has 0 saturated carbocycles. The molecule has 0 aliphatic carbocycles. The smallest absolute Gasteiger partial charge is 0.203 e. The Balaban J connectivity index is 1.75. The quantitative estimate of drug-likeness (QED) is 0.448. The molecule has 28 heavy (non-hydrogen) atoms. The second-order valence-corrected chi connectivity index (χ2v) is 5.91. The molecule has 3 aromatic carbocycles. The second kappa shape index (κ2) is 9.41. The van der Waals surface area contributed by atoms with E-state index in [2.05, 4.69) is 10.5 Å². The predicted molar refractivity (Wildman–Crippen MR) is 108 cm³/mol. The molecule has 3 rings (SSSR count). The largest absolute Gasteiger partial charge is 0.493 e. The number of hydrogen-bond acceptors (Lipinski definition) is 5. The Labute approximate surface area is 163 Å². The van der Waals surface area contributed by atoms with Crippen LogP contribution >= 0.6 is 0 Å². The Bertz CT molecular complexity index is 903. The average Bonchev–Trinajstić information content (AvgIpc) is 2.74. The van der Waals surface area contributed by atoms with Gasteiger partial charge in [-0.25, -0.2) is 4.39 Å². The minimum atomic E-state index is -0.296. The molecular weight excluding hydrogens is 359 g/mol. The Morgan fingerprint density at radius 1 is 0.929 bits per heavy atom. The van der Waals surface area contributed by atoms with Crippen LogP contribution in [0.1, 0.15) is 11.1 Å². The molecule has 0 amide bonds. The highest BCUT2D eigenvalue weighted by Gasteiger charge is 2.14. The van der Waals surface area contributed by atoms with Crippen LogP contribution in [0.3, 0.4) is 0 Å². The van der Waals surface area contributed by atoms with E-state index >= 15 is 0 Å². The molecule has 0 fully saturated rings. The molecule has 0 aliphatic heterocycles. The Morgan fingerprint density at radius 3 is 2.18 bits per heavy atom. The van der Waals surface area contributed by atoms with Gasteiger partial charge in [0.15, 0.2) is 11.5 Å². The van der Waals surface area contributed by atoms with Crippen LogP contribution in [0.2, 0.25) is 0 Å². The number of hydrazone groups is 1. The van der Waals surface area contributed by atoms with Crippen molar-refractivity contribution in [3.05, 3.63) is 83.7 Å². The molecule has 0 aliphatic rings. The van der Waals surface area contributed by atoms with E-state index in [1.54, 1.807) is 44.7 Å². The number of rotatable bonds is 8. The van der Waals surface area contributed by atoms with Gasteiger partial charge < -0.3 is 14.2 Å². The fourth-order valence-electron chi connectivity index (χ4n) is 2.55. The van der Waals surface area contributed by atoms with Gasteiger partial charge in [0.2, 0.25) is 5.75 Å². The van der Waals surface area contributed by atoms with Crippen molar-refractivity contribution in [2.45, 2.75) is 6.61 Å². The molecule has 6 heteroatoms. The first kappa shape index (κ1) is 19.2. The lowest BCUT2D eigenvalue weighted by Crippen LogP contribution is -2.01. The molecule has 0 radical (unpaired) electrons. The van der Waals surface area contributed by atoms with E-state index in [4.69, 9.17) is 14.2 Å². The van der Waals surface area contributed by atoms with Crippen LogP contribution in [0.25, 0.3) is 0 Å². The topological polar surface area (TPSA) is 52.1 Å². The predicted octanol–water partition coefficient (Wildman–Crippen LogP) is 4.87. The number of ether oxygens (including phenoxy) is 3. The third kappa shape index (κ3) is 5.01. The summed E-state index contributed by atoms with van der Waals surface area (Å²) < 4.78 is 29.8. The van der Waals surface area contributed by atoms with Gasteiger partial charge in [0.1, 0.15) is 12.4 Å². The number of nitrogens with zero attached hydrogens (tertiary/aromatic N) is 1. The van der Waals surface area contributed by atoms with Gasteiger partial charge in [-0.1, -0.05) is 30.3 Å². The van der Waals surface area contributed by atoms with Gasteiger partial charge in [-0.05, 0) is 42.0 Å². The SMILES string of the molecule is COc1cc(/C=N/Nc2ccc(F)cc2)cc(OC)c1OCc1ccccc1. The minimum absolute atomic E-state index is 0.296. The van der Waals surface area contributed by atoms with Gasteiger partial charge in [0.25, 0.3) is 0 Å². The summed E-state index contributed by atoms with van der Waals surface area (Å²) in [6.45, 7) is 0.396. The highest BCUT2D eigenvalue weighted by Crippen LogP contribution is 2.38. The van der Waals surface area contributed by atoms with Crippen molar-refractivity contribution in [1.29, 1.82) is 0 Å². The molecule has 0 saturated heterocycles. The first-order valence-electron chi connectivity index (χ1n) is 8.67. The highest BCUT2D eigenvalue weighted by molar-refractivity contribution is 5.83. The maximum atomic E-state index is 12.9. The third-order valence-corrected chi connectivity index (χ3v) is 3.96. The van der Waals surface area contributed by atoms with E-state index in [-0.39, 0.29) is 5.82 Å². The lowest BCUT2D eigenvalue weighted by atomic mass is 10.2. The van der Waals surface area contributed by atoms with Gasteiger partial charge in [-0.15, -0.1) is 0 Å². The zero-order valence-corrected chi connectivity index (χ0v) is 15.7. The van der Waals surface area contributed by atoms with Crippen molar-refractivity contribution in [3.8, 4) is 17.2 Å². The van der Waals surface area contributed by atoms with Crippen molar-refractivity contribution < 1.29 is 18.6 Å². The van der Waals surface area contributed by atoms with Crippen molar-refractivity contribution >= 4 is 11.9 Å². The Hall–Kier alpha value is -3.54. The van der Waals surface area contributed by atoms with E-state index in [1.165, 1.54) is 12.1 Å². The maximum Gasteiger partial charge on any atom is 0.203 e. The van der Waals surface area contributed by atoms with E-state index < -0.39 is 0 Å². The molecule has 0 spiro atoms. The molecule has 3 aromatic rings. The summed E-state index contributed by atoms with van der Waals surface area (Å²) in [5, 5.41) is 4.17. The summed E-state index contributed by atoms with van der Waals surface area (Å²) in [6, 6.07) is 19.4. The van der Waals surface area contributed by atoms with E-state index in [0.717, 1.165) is 11.1 Å². The molecular formula is C22H21FN2O3. The van der Waals surface area contributed by atoms with Crippen LogP contribution in [0.15, 0.2) is 71.8 Å². The first-order chi connectivity index (χ1) is 13.7. The van der Waals surface area contributed by atoms with Crippen molar-refractivity contribution in [1.82, 2.24) is 0 Å². The summed E-state index contributed by atoms with van der Waals surface area (Å²) >= 11 is 0. The molecule has 5 nitrogen and oxygen atoms in total. The van der Waals surface area contributed by atoms with Crippen molar-refractivity contribution in [2.24, 2.45) is 5.10 Å². The molecule has 0 heterocycles. The minimum Gasteiger partial charge on any atom is -0.493 e. The summed E-state index contributed by atoms with van der Waals surface area (Å²) in [6.07, 6.45) is 1.62. The maximum absolute atomic E-state index is 12.9. The normalized spacial score (nSPS) is 10.7. The number of hydrogen-bond donors (Lipinski definition) is 1. The van der Waals surface area contributed by atoms with Crippen LogP contribution in [0.4, 0.5) is 10.1 Å². The lowest BCUT2D eigenvalue weighted by Gasteiger charge is -2.15. The molecule has 1 N–H and O–H groups in total. The number of anilines is 1. The number of halogens is 1. The van der Waals surface area contributed by atoms with E-state index in [1.807, 2.05) is 30.3 Å². The van der Waals surface area contributed by atoms with Gasteiger partial charge in [-0.2, -0.15) is 5.10 Å². The van der Waals surface area contributed by atoms with Crippen LogP contribution in [-0.4, -0.2) is 20.4 Å². The zero-order valence-electron chi connectivity index (χ0n) is 15.7. The van der Waals surface area contributed by atoms with E-state index in [9.17, 15) is 4.39 Å². The molecule has 144 valence electrons. The highest BCUT2D eigenvalue weighted by atomic mass is 19.1. The van der Waals surface area contributed by atoms with Crippen molar-refractivity contribution in [2.75, 3.05) is 19.6 Å². The lowest BCUT2D eigenvalue weighted by molar-refractivity contribution is 0.266. The standard InChI is InChI=1S/C22H21FN2O3/c1-26-20-12-17(14-24-25-19-10-8-18(23)9-11-19)13-21(27-2)22(20)28-15-16-6-4-3-5-7-16/h3-14,25H,15H2,1-2H3/b24-14+. The van der Waals surface area contributed by atoms with Gasteiger partial charge in [-0.3, -0.25) is 5.43 Å². The number of methoxy groups -OCH3 is 2. The summed E-state index contributed by atoms with van der Waals surface area (Å²) in [5.74, 6) is 1.31. The fourth-order valence-corrected chi connectivity index (χ4v) is 2.55. The summed E-state index contributed by atoms with van der Waals surface area (Å²) in [5.41, 5.74) is 5.33. The van der Waals surface area contributed by atoms with E-state index in [0.29, 0.717) is 29.5 Å². The summed E-state index contributed by atoms with van der Waals surface area (Å²) in [7, 11) is 3.14. The fraction of sp³-hybridized carbons (Fsp3) is 0.136. The van der Waals surface area contributed by atoms with Gasteiger partial charge >= 0.3 is 0 Å². The molecule has 0 aromatic heterocycles. The third-order valence-electron chi connectivity index (χ3n) is 3.96. The molecule has 0 bridgehead atoms. The number of nitrogens with one attached hydrogen (secondary N) is 1. The van der Waals surface area contributed by atoms with Crippen LogP contribution in [0.5, 0.6) is 17.2 Å². The number of benzene rings is 3. The Morgan fingerprint density at radius 2 is 1.57 bits per heavy atom. The monoisotopic (exact) mass is 380 g/mol. The average molecular weight is 380 g/mol. The van der Waals surface area contributed by atoms with Crippen LogP contribution in [-0.2, 0) is 6.61 Å². The second-order valence-electron chi connectivity index (χ2n) is 5.91. The van der Waals surface area contributed by atoms with Gasteiger partial charge in [0.05, 0.1) is 26.1 Å².